The lowest BCUT2D eigenvalue weighted by atomic mass is 9.86. The number of aromatic nitrogens is 5. The summed E-state index contributed by atoms with van der Waals surface area (Å²) in [5, 5.41) is 20.0. The van der Waals surface area contributed by atoms with Crippen molar-refractivity contribution < 1.29 is 15.0 Å². The van der Waals surface area contributed by atoms with E-state index in [9.17, 15) is 19.8 Å². The second-order valence-corrected chi connectivity index (χ2v) is 7.83. The normalized spacial score (nSPS) is 19.1. The van der Waals surface area contributed by atoms with Crippen LogP contribution in [0.25, 0.3) is 33.5 Å². The molecular formula is C21H20N6O4. The predicted octanol–water partition coefficient (Wildman–Crippen LogP) is 2.44. The molecule has 0 bridgehead atoms. The highest BCUT2D eigenvalue weighted by molar-refractivity contribution is 5.91. The van der Waals surface area contributed by atoms with Crippen molar-refractivity contribution in [3.8, 4) is 17.1 Å². The smallest absolute Gasteiger partial charge is 0.306 e. The van der Waals surface area contributed by atoms with E-state index < -0.39 is 11.9 Å². The minimum absolute atomic E-state index is 0.0935. The number of aromatic hydroxyl groups is 1. The fraction of sp³-hybridized carbons (Fsp3) is 0.286. The fourth-order valence-electron chi connectivity index (χ4n) is 4.40. The molecule has 0 saturated heterocycles. The number of nitrogens with one attached hydrogen (secondary N) is 1. The number of aromatic amines is 1. The second kappa shape index (κ2) is 7.08. The molecule has 1 fully saturated rings. The Kier molecular flexibility index (Phi) is 4.35. The Hall–Kier alpha value is -3.95. The topological polar surface area (TPSA) is 160 Å². The molecule has 4 aromatic rings. The van der Waals surface area contributed by atoms with Crippen LogP contribution in [0.5, 0.6) is 5.75 Å². The van der Waals surface area contributed by atoms with Gasteiger partial charge >= 0.3 is 5.97 Å². The summed E-state index contributed by atoms with van der Waals surface area (Å²) in [5.74, 6) is -0.972. The lowest BCUT2D eigenvalue weighted by molar-refractivity contribution is -0.143. The first-order chi connectivity index (χ1) is 14.9. The number of carbonyl (C=O) groups is 1. The van der Waals surface area contributed by atoms with Gasteiger partial charge in [-0.3, -0.25) is 14.2 Å². The number of anilines is 1. The number of fused-ring (bicyclic) bond motifs is 2. The molecule has 10 heteroatoms. The van der Waals surface area contributed by atoms with Crippen molar-refractivity contribution in [1.82, 2.24) is 24.5 Å². The molecular weight excluding hydrogens is 400 g/mol. The molecule has 1 saturated carbocycles. The number of nitrogens with zero attached hydrogens (tertiary/aromatic N) is 4. The van der Waals surface area contributed by atoms with E-state index in [1.165, 1.54) is 6.33 Å². The van der Waals surface area contributed by atoms with Crippen molar-refractivity contribution in [2.75, 3.05) is 5.73 Å². The summed E-state index contributed by atoms with van der Waals surface area (Å²) in [5.41, 5.74) is 7.60. The molecule has 31 heavy (non-hydrogen) atoms. The summed E-state index contributed by atoms with van der Waals surface area (Å²) in [6.07, 6.45) is 3.32. The maximum atomic E-state index is 13.6. The van der Waals surface area contributed by atoms with Crippen LogP contribution in [-0.4, -0.2) is 40.7 Å². The Labute approximate surface area is 175 Å². The van der Waals surface area contributed by atoms with Gasteiger partial charge < -0.3 is 20.9 Å². The maximum Gasteiger partial charge on any atom is 0.306 e. The highest BCUT2D eigenvalue weighted by Gasteiger charge is 2.30. The number of H-pyrrole nitrogens is 1. The van der Waals surface area contributed by atoms with Crippen molar-refractivity contribution in [2.24, 2.45) is 5.92 Å². The summed E-state index contributed by atoms with van der Waals surface area (Å²) in [4.78, 5) is 40.8. The van der Waals surface area contributed by atoms with E-state index >= 15 is 0 Å². The Morgan fingerprint density at radius 2 is 1.97 bits per heavy atom. The number of hydrogen-bond donors (Lipinski definition) is 4. The Morgan fingerprint density at radius 1 is 1.19 bits per heavy atom. The average molecular weight is 420 g/mol. The third-order valence-electron chi connectivity index (χ3n) is 6.01. The molecule has 5 rings (SSSR count). The van der Waals surface area contributed by atoms with Crippen molar-refractivity contribution in [1.29, 1.82) is 0 Å². The number of phenols is 1. The van der Waals surface area contributed by atoms with E-state index in [1.54, 1.807) is 28.8 Å². The third-order valence-corrected chi connectivity index (χ3v) is 6.01. The first-order valence-corrected chi connectivity index (χ1v) is 10.0. The van der Waals surface area contributed by atoms with E-state index in [1.807, 2.05) is 0 Å². The van der Waals surface area contributed by atoms with Gasteiger partial charge in [-0.05, 0) is 43.9 Å². The number of nitrogen functional groups attached to an aromatic ring is 1. The molecule has 0 amide bonds. The van der Waals surface area contributed by atoms with Gasteiger partial charge in [-0.2, -0.15) is 0 Å². The Morgan fingerprint density at radius 3 is 2.68 bits per heavy atom. The van der Waals surface area contributed by atoms with Crippen molar-refractivity contribution in [2.45, 2.75) is 31.7 Å². The van der Waals surface area contributed by atoms with E-state index in [0.717, 1.165) is 0 Å². The number of aliphatic carboxylic acids is 1. The number of hydrogen-bond acceptors (Lipinski definition) is 7. The summed E-state index contributed by atoms with van der Waals surface area (Å²) in [7, 11) is 0. The molecule has 3 aromatic heterocycles. The molecule has 1 aliphatic carbocycles. The number of carboxylic acid groups (broad SMARTS) is 1. The van der Waals surface area contributed by atoms with Crippen LogP contribution in [0.4, 0.5) is 5.82 Å². The molecule has 3 heterocycles. The van der Waals surface area contributed by atoms with Gasteiger partial charge in [-0.1, -0.05) is 6.07 Å². The Bertz CT molecular complexity index is 1380. The number of rotatable bonds is 3. The van der Waals surface area contributed by atoms with E-state index in [0.29, 0.717) is 53.4 Å². The molecule has 0 spiro atoms. The SMILES string of the molecule is Nc1ncnc2c1nc(-c1cc3c(O)cccc3[nH]1)c(=O)n2C1CCC(C(=O)O)CC1. The van der Waals surface area contributed by atoms with Crippen molar-refractivity contribution in [3.63, 3.8) is 0 Å². The van der Waals surface area contributed by atoms with Gasteiger partial charge in [0.15, 0.2) is 17.2 Å². The number of nitrogens with two attached hydrogens (primary N) is 1. The zero-order valence-corrected chi connectivity index (χ0v) is 16.4. The van der Waals surface area contributed by atoms with Crippen molar-refractivity contribution in [3.05, 3.63) is 40.9 Å². The zero-order valence-electron chi connectivity index (χ0n) is 16.4. The molecule has 10 nitrogen and oxygen atoms in total. The average Bonchev–Trinajstić information content (AvgIpc) is 3.19. The van der Waals surface area contributed by atoms with Gasteiger partial charge in [0, 0.05) is 16.9 Å². The monoisotopic (exact) mass is 420 g/mol. The van der Waals surface area contributed by atoms with Gasteiger partial charge in [-0.15, -0.1) is 0 Å². The van der Waals surface area contributed by atoms with Crippen LogP contribution in [0.1, 0.15) is 31.7 Å². The first kappa shape index (κ1) is 19.0. The van der Waals surface area contributed by atoms with Crippen LogP contribution in [-0.2, 0) is 4.79 Å². The van der Waals surface area contributed by atoms with Crippen LogP contribution in [0, 0.1) is 5.92 Å². The van der Waals surface area contributed by atoms with Gasteiger partial charge in [0.05, 0.1) is 11.6 Å². The van der Waals surface area contributed by atoms with Crippen LogP contribution >= 0.6 is 0 Å². The molecule has 5 N–H and O–H groups in total. The predicted molar refractivity (Wildman–Crippen MR) is 114 cm³/mol. The zero-order chi connectivity index (χ0) is 21.7. The highest BCUT2D eigenvalue weighted by Crippen LogP contribution is 2.34. The van der Waals surface area contributed by atoms with Crippen molar-refractivity contribution >= 4 is 33.9 Å². The molecule has 0 aliphatic heterocycles. The van der Waals surface area contributed by atoms with E-state index in [-0.39, 0.29) is 28.9 Å². The maximum absolute atomic E-state index is 13.6. The van der Waals surface area contributed by atoms with E-state index in [2.05, 4.69) is 19.9 Å². The molecule has 0 radical (unpaired) electrons. The summed E-state index contributed by atoms with van der Waals surface area (Å²) in [6, 6.07) is 6.52. The van der Waals surface area contributed by atoms with E-state index in [4.69, 9.17) is 5.73 Å². The second-order valence-electron chi connectivity index (χ2n) is 7.83. The summed E-state index contributed by atoms with van der Waals surface area (Å²) in [6.45, 7) is 0. The molecule has 1 aromatic carbocycles. The molecule has 1 aliphatic rings. The minimum Gasteiger partial charge on any atom is -0.507 e. The summed E-state index contributed by atoms with van der Waals surface area (Å²) >= 11 is 0. The molecule has 158 valence electrons. The van der Waals surface area contributed by atoms with Gasteiger partial charge in [0.25, 0.3) is 5.56 Å². The van der Waals surface area contributed by atoms with Gasteiger partial charge in [-0.25, -0.2) is 15.0 Å². The molecule has 0 unspecified atom stereocenters. The number of phenolic OH excluding ortho intramolecular Hbond substituents is 1. The summed E-state index contributed by atoms with van der Waals surface area (Å²) < 4.78 is 1.57. The van der Waals surface area contributed by atoms with Crippen LogP contribution in [0.15, 0.2) is 35.4 Å². The minimum atomic E-state index is -0.810. The largest absolute Gasteiger partial charge is 0.507 e. The van der Waals surface area contributed by atoms with Crippen LogP contribution < -0.4 is 11.3 Å². The lowest BCUT2D eigenvalue weighted by Crippen LogP contribution is -2.32. The third kappa shape index (κ3) is 3.07. The molecule has 0 atom stereocenters. The van der Waals surface area contributed by atoms with Crippen LogP contribution in [0.2, 0.25) is 0 Å². The lowest BCUT2D eigenvalue weighted by Gasteiger charge is -2.28. The standard InChI is InChI=1S/C21H20N6O4/c22-18-17-19(24-9-23-18)27(11-6-4-10(5-7-11)21(30)31)20(29)16(26-17)14-8-12-13(25-14)2-1-3-15(12)28/h1-3,8-11,25,28H,4-7H2,(H,30,31)(H2,22,23,24). The van der Waals surface area contributed by atoms with Crippen LogP contribution in [0.3, 0.4) is 0 Å². The highest BCUT2D eigenvalue weighted by atomic mass is 16.4. The van der Waals surface area contributed by atoms with Gasteiger partial charge in [0.2, 0.25) is 0 Å². The Balaban J connectivity index is 1.71. The fourth-order valence-corrected chi connectivity index (χ4v) is 4.40. The quantitative estimate of drug-likeness (QED) is 0.393. The number of benzene rings is 1. The number of carboxylic acids is 1. The first-order valence-electron chi connectivity index (χ1n) is 10.0. The van der Waals surface area contributed by atoms with Gasteiger partial charge in [0.1, 0.15) is 17.6 Å².